The number of nitrogens with one attached hydrogen (secondary N) is 1. The largest absolute Gasteiger partial charge is 0.481 e. The molecule has 0 aromatic heterocycles. The van der Waals surface area contributed by atoms with Crippen LogP contribution in [0, 0.1) is 0 Å². The van der Waals surface area contributed by atoms with Gasteiger partial charge in [-0.3, -0.25) is 4.79 Å². The van der Waals surface area contributed by atoms with Crippen molar-refractivity contribution in [1.82, 2.24) is 4.90 Å². The number of hydrogen-bond acceptors (Lipinski definition) is 3. The first kappa shape index (κ1) is 16.6. The number of anilines is 1. The molecule has 1 aliphatic rings. The third-order valence-electron chi connectivity index (χ3n) is 3.07. The SMILES string of the molecule is O=C(O)CC1CSCCN1C(=O)Nc1ccc(Br)cc1Br. The van der Waals surface area contributed by atoms with E-state index in [0.29, 0.717) is 18.0 Å². The Balaban J connectivity index is 2.08. The normalized spacial score (nSPS) is 18.4. The van der Waals surface area contributed by atoms with Gasteiger partial charge in [-0.15, -0.1) is 0 Å². The average Bonchev–Trinajstić information content (AvgIpc) is 2.42. The van der Waals surface area contributed by atoms with Crippen molar-refractivity contribution in [3.8, 4) is 0 Å². The van der Waals surface area contributed by atoms with Crippen LogP contribution in [0.5, 0.6) is 0 Å². The fraction of sp³-hybridized carbons (Fsp3) is 0.385. The number of thioether (sulfide) groups is 1. The molecule has 2 rings (SSSR count). The van der Waals surface area contributed by atoms with E-state index < -0.39 is 5.97 Å². The topological polar surface area (TPSA) is 69.6 Å². The molecule has 0 aliphatic carbocycles. The van der Waals surface area contributed by atoms with Crippen LogP contribution in [0.25, 0.3) is 0 Å². The van der Waals surface area contributed by atoms with Gasteiger partial charge in [-0.25, -0.2) is 4.79 Å². The lowest BCUT2D eigenvalue weighted by Crippen LogP contribution is -2.48. The molecule has 8 heteroatoms. The Hall–Kier alpha value is -0.730. The van der Waals surface area contributed by atoms with Crippen molar-refractivity contribution in [3.63, 3.8) is 0 Å². The van der Waals surface area contributed by atoms with Crippen LogP contribution >= 0.6 is 43.6 Å². The molecule has 0 saturated carbocycles. The molecule has 1 atom stereocenters. The highest BCUT2D eigenvalue weighted by molar-refractivity contribution is 9.11. The molecule has 1 aromatic carbocycles. The zero-order valence-electron chi connectivity index (χ0n) is 11.0. The molecule has 21 heavy (non-hydrogen) atoms. The third kappa shape index (κ3) is 4.62. The summed E-state index contributed by atoms with van der Waals surface area (Å²) in [5, 5.41) is 11.8. The predicted molar refractivity (Wildman–Crippen MR) is 90.9 cm³/mol. The van der Waals surface area contributed by atoms with Crippen molar-refractivity contribution in [2.75, 3.05) is 23.4 Å². The molecular weight excluding hydrogens is 424 g/mol. The van der Waals surface area contributed by atoms with Crippen molar-refractivity contribution in [2.24, 2.45) is 0 Å². The second-order valence-electron chi connectivity index (χ2n) is 4.57. The standard InChI is InChI=1S/C13H14Br2N2O3S/c14-8-1-2-11(10(15)5-8)16-13(20)17-3-4-21-7-9(17)6-12(18)19/h1-2,5,9H,3-4,6-7H2,(H,16,20)(H,18,19). The van der Waals surface area contributed by atoms with Crippen molar-refractivity contribution in [1.29, 1.82) is 0 Å². The molecule has 2 amide bonds. The Morgan fingerprint density at radius 1 is 1.43 bits per heavy atom. The maximum Gasteiger partial charge on any atom is 0.322 e. The summed E-state index contributed by atoms with van der Waals surface area (Å²) in [5.74, 6) is 0.594. The van der Waals surface area contributed by atoms with Gasteiger partial charge in [0, 0.05) is 27.0 Å². The summed E-state index contributed by atoms with van der Waals surface area (Å²) in [7, 11) is 0. The van der Waals surface area contributed by atoms with Gasteiger partial charge in [-0.2, -0.15) is 11.8 Å². The first-order valence-electron chi connectivity index (χ1n) is 6.29. The van der Waals surface area contributed by atoms with Crippen molar-refractivity contribution >= 4 is 61.3 Å². The summed E-state index contributed by atoms with van der Waals surface area (Å²) in [6.07, 6.45) is -0.0259. The van der Waals surface area contributed by atoms with Gasteiger partial charge in [0.15, 0.2) is 0 Å². The number of aliphatic carboxylic acids is 1. The molecular formula is C13H14Br2N2O3S. The Bertz CT molecular complexity index is 556. The van der Waals surface area contributed by atoms with E-state index in [9.17, 15) is 9.59 Å². The number of rotatable bonds is 3. The first-order chi connectivity index (χ1) is 9.97. The van der Waals surface area contributed by atoms with Crippen LogP contribution in [0.1, 0.15) is 6.42 Å². The minimum absolute atomic E-state index is 0.0259. The van der Waals surface area contributed by atoms with Gasteiger partial charge < -0.3 is 15.3 Å². The molecule has 2 N–H and O–H groups in total. The number of amides is 2. The number of halogens is 2. The fourth-order valence-electron chi connectivity index (χ4n) is 2.07. The summed E-state index contributed by atoms with van der Waals surface area (Å²) in [4.78, 5) is 24.9. The Morgan fingerprint density at radius 3 is 2.86 bits per heavy atom. The number of carbonyl (C=O) groups is 2. The highest BCUT2D eigenvalue weighted by Gasteiger charge is 2.29. The highest BCUT2D eigenvalue weighted by Crippen LogP contribution is 2.27. The summed E-state index contributed by atoms with van der Waals surface area (Å²) in [6, 6.07) is 4.94. The van der Waals surface area contributed by atoms with Crippen molar-refractivity contribution in [3.05, 3.63) is 27.1 Å². The van der Waals surface area contributed by atoms with Crippen LogP contribution in [0.15, 0.2) is 27.1 Å². The molecule has 1 heterocycles. The molecule has 5 nitrogen and oxygen atoms in total. The molecule has 1 fully saturated rings. The van der Waals surface area contributed by atoms with E-state index in [1.54, 1.807) is 22.7 Å². The van der Waals surface area contributed by atoms with E-state index >= 15 is 0 Å². The monoisotopic (exact) mass is 436 g/mol. The van der Waals surface area contributed by atoms with E-state index in [1.165, 1.54) is 0 Å². The van der Waals surface area contributed by atoms with Gasteiger partial charge in [0.05, 0.1) is 18.2 Å². The minimum atomic E-state index is -0.884. The number of carbonyl (C=O) groups excluding carboxylic acids is 1. The fourth-order valence-corrected chi connectivity index (χ4v) is 4.28. The van der Waals surface area contributed by atoms with Crippen LogP contribution in [0.2, 0.25) is 0 Å². The molecule has 0 spiro atoms. The van der Waals surface area contributed by atoms with E-state index in [-0.39, 0.29) is 18.5 Å². The van der Waals surface area contributed by atoms with Crippen LogP contribution in [-0.4, -0.2) is 46.1 Å². The summed E-state index contributed by atoms with van der Waals surface area (Å²) < 4.78 is 1.68. The van der Waals surface area contributed by atoms with Crippen molar-refractivity contribution < 1.29 is 14.7 Å². The predicted octanol–water partition coefficient (Wildman–Crippen LogP) is 3.64. The average molecular weight is 438 g/mol. The Morgan fingerprint density at radius 2 is 2.19 bits per heavy atom. The second-order valence-corrected chi connectivity index (χ2v) is 7.49. The lowest BCUT2D eigenvalue weighted by atomic mass is 10.2. The number of hydrogen-bond donors (Lipinski definition) is 2. The smallest absolute Gasteiger partial charge is 0.322 e. The van der Waals surface area contributed by atoms with E-state index in [2.05, 4.69) is 37.2 Å². The minimum Gasteiger partial charge on any atom is -0.481 e. The van der Waals surface area contributed by atoms with Crippen LogP contribution in [0.4, 0.5) is 10.5 Å². The summed E-state index contributed by atoms with van der Waals surface area (Å²) in [6.45, 7) is 0.558. The number of nitrogens with zero attached hydrogens (tertiary/aromatic N) is 1. The molecule has 1 saturated heterocycles. The van der Waals surface area contributed by atoms with Crippen LogP contribution in [-0.2, 0) is 4.79 Å². The van der Waals surface area contributed by atoms with E-state index in [4.69, 9.17) is 5.11 Å². The number of benzene rings is 1. The molecule has 0 bridgehead atoms. The third-order valence-corrected chi connectivity index (χ3v) is 5.31. The molecule has 1 aliphatic heterocycles. The number of carboxylic acids is 1. The van der Waals surface area contributed by atoms with Gasteiger partial charge in [0.2, 0.25) is 0 Å². The van der Waals surface area contributed by atoms with Gasteiger partial charge in [-0.05, 0) is 34.1 Å². The van der Waals surface area contributed by atoms with Gasteiger partial charge in [-0.1, -0.05) is 15.9 Å². The Labute approximate surface area is 143 Å². The summed E-state index contributed by atoms with van der Waals surface area (Å²) in [5.41, 5.74) is 0.663. The highest BCUT2D eigenvalue weighted by atomic mass is 79.9. The molecule has 114 valence electrons. The van der Waals surface area contributed by atoms with Gasteiger partial charge in [0.1, 0.15) is 0 Å². The maximum atomic E-state index is 12.4. The quantitative estimate of drug-likeness (QED) is 0.757. The second kappa shape index (κ2) is 7.51. The first-order valence-corrected chi connectivity index (χ1v) is 9.03. The van der Waals surface area contributed by atoms with Crippen LogP contribution < -0.4 is 5.32 Å². The zero-order chi connectivity index (χ0) is 15.4. The van der Waals surface area contributed by atoms with E-state index in [0.717, 1.165) is 14.7 Å². The number of carboxylic acid groups (broad SMARTS) is 1. The van der Waals surface area contributed by atoms with Gasteiger partial charge in [0.25, 0.3) is 0 Å². The zero-order valence-corrected chi connectivity index (χ0v) is 15.0. The van der Waals surface area contributed by atoms with Crippen LogP contribution in [0.3, 0.4) is 0 Å². The maximum absolute atomic E-state index is 12.4. The number of urea groups is 1. The molecule has 1 aromatic rings. The summed E-state index contributed by atoms with van der Waals surface area (Å²) >= 11 is 8.43. The lowest BCUT2D eigenvalue weighted by molar-refractivity contribution is -0.137. The Kier molecular flexibility index (Phi) is 5.95. The van der Waals surface area contributed by atoms with E-state index in [1.807, 2.05) is 12.1 Å². The lowest BCUT2D eigenvalue weighted by Gasteiger charge is -2.34. The molecule has 1 unspecified atom stereocenters. The van der Waals surface area contributed by atoms with Gasteiger partial charge >= 0.3 is 12.0 Å². The molecule has 0 radical (unpaired) electrons. The van der Waals surface area contributed by atoms with Crippen molar-refractivity contribution in [2.45, 2.75) is 12.5 Å².